The lowest BCUT2D eigenvalue weighted by molar-refractivity contribution is -0.137. The number of hydrogen-bond acceptors (Lipinski definition) is 3. The van der Waals surface area contributed by atoms with Gasteiger partial charge < -0.3 is 9.47 Å². The van der Waals surface area contributed by atoms with Crippen molar-refractivity contribution < 1.29 is 27.4 Å². The van der Waals surface area contributed by atoms with Crippen molar-refractivity contribution in [3.63, 3.8) is 0 Å². The number of halogens is 3. The van der Waals surface area contributed by atoms with E-state index >= 15 is 0 Å². The molecule has 2 rings (SSSR count). The summed E-state index contributed by atoms with van der Waals surface area (Å²) in [6.45, 7) is 1.82. The van der Waals surface area contributed by atoms with Crippen LogP contribution in [0.15, 0.2) is 42.5 Å². The molecule has 0 atom stereocenters. The molecule has 122 valence electrons. The largest absolute Gasteiger partial charge is 0.497 e. The standard InChI is InChI=1S/C17H15F3O3/c1-3-23-16(21)12-8-11(9-13(10-12)22-2)14-6-4-5-7-15(14)17(18,19)20/h4-10H,3H2,1-2H3. The molecular formula is C17H15F3O3. The van der Waals surface area contributed by atoms with E-state index in [2.05, 4.69) is 0 Å². The van der Waals surface area contributed by atoms with E-state index in [0.717, 1.165) is 6.07 Å². The van der Waals surface area contributed by atoms with Crippen molar-refractivity contribution in [1.29, 1.82) is 0 Å². The summed E-state index contributed by atoms with van der Waals surface area (Å²) in [7, 11) is 1.38. The second-order valence-electron chi connectivity index (χ2n) is 4.71. The molecule has 0 amide bonds. The maximum Gasteiger partial charge on any atom is 0.417 e. The summed E-state index contributed by atoms with van der Waals surface area (Å²) < 4.78 is 49.5. The van der Waals surface area contributed by atoms with Gasteiger partial charge in [-0.1, -0.05) is 18.2 Å². The second-order valence-corrected chi connectivity index (χ2v) is 4.71. The maximum absolute atomic E-state index is 13.2. The fourth-order valence-electron chi connectivity index (χ4n) is 2.19. The molecule has 2 aromatic rings. The van der Waals surface area contributed by atoms with Gasteiger partial charge in [-0.3, -0.25) is 0 Å². The number of ether oxygens (including phenoxy) is 2. The van der Waals surface area contributed by atoms with Crippen LogP contribution >= 0.6 is 0 Å². The molecule has 0 aliphatic carbocycles. The van der Waals surface area contributed by atoms with E-state index in [1.807, 2.05) is 0 Å². The van der Waals surface area contributed by atoms with Crippen LogP contribution in [-0.4, -0.2) is 19.7 Å². The molecule has 0 N–H and O–H groups in total. The van der Waals surface area contributed by atoms with Crippen molar-refractivity contribution in [2.45, 2.75) is 13.1 Å². The fraction of sp³-hybridized carbons (Fsp3) is 0.235. The van der Waals surface area contributed by atoms with Crippen LogP contribution in [-0.2, 0) is 10.9 Å². The third-order valence-electron chi connectivity index (χ3n) is 3.20. The molecule has 0 saturated heterocycles. The van der Waals surface area contributed by atoms with Crippen molar-refractivity contribution >= 4 is 5.97 Å². The average Bonchev–Trinajstić information content (AvgIpc) is 2.53. The van der Waals surface area contributed by atoms with Gasteiger partial charge in [0.25, 0.3) is 0 Å². The van der Waals surface area contributed by atoms with Gasteiger partial charge in [-0.2, -0.15) is 13.2 Å². The molecule has 0 aliphatic heterocycles. The number of hydrogen-bond donors (Lipinski definition) is 0. The minimum atomic E-state index is -4.50. The van der Waals surface area contributed by atoms with E-state index in [0.29, 0.717) is 0 Å². The fourth-order valence-corrected chi connectivity index (χ4v) is 2.19. The van der Waals surface area contributed by atoms with Crippen molar-refractivity contribution in [2.24, 2.45) is 0 Å². The van der Waals surface area contributed by atoms with E-state index in [-0.39, 0.29) is 29.0 Å². The van der Waals surface area contributed by atoms with Crippen molar-refractivity contribution in [2.75, 3.05) is 13.7 Å². The molecule has 3 nitrogen and oxygen atoms in total. The van der Waals surface area contributed by atoms with Gasteiger partial charge in [0.05, 0.1) is 24.8 Å². The normalized spacial score (nSPS) is 11.2. The highest BCUT2D eigenvalue weighted by atomic mass is 19.4. The van der Waals surface area contributed by atoms with E-state index in [1.165, 1.54) is 43.5 Å². The minimum Gasteiger partial charge on any atom is -0.497 e. The van der Waals surface area contributed by atoms with Crippen LogP contribution in [0.1, 0.15) is 22.8 Å². The molecular weight excluding hydrogens is 309 g/mol. The van der Waals surface area contributed by atoms with Gasteiger partial charge >= 0.3 is 12.1 Å². The number of carbonyl (C=O) groups is 1. The highest BCUT2D eigenvalue weighted by Crippen LogP contribution is 2.38. The van der Waals surface area contributed by atoms with Crippen LogP contribution in [0, 0.1) is 0 Å². The Balaban J connectivity index is 2.60. The summed E-state index contributed by atoms with van der Waals surface area (Å²) in [5.41, 5.74) is -0.425. The minimum absolute atomic E-state index is 0.0237. The first-order valence-corrected chi connectivity index (χ1v) is 6.89. The summed E-state index contributed by atoms with van der Waals surface area (Å²) in [6.07, 6.45) is -4.50. The zero-order valence-corrected chi connectivity index (χ0v) is 12.6. The maximum atomic E-state index is 13.2. The summed E-state index contributed by atoms with van der Waals surface area (Å²) >= 11 is 0. The Bertz CT molecular complexity index is 708. The molecule has 0 aromatic heterocycles. The van der Waals surface area contributed by atoms with Gasteiger partial charge in [0.1, 0.15) is 5.75 Å². The zero-order valence-electron chi connectivity index (χ0n) is 12.6. The number of alkyl halides is 3. The van der Waals surface area contributed by atoms with Crippen molar-refractivity contribution in [1.82, 2.24) is 0 Å². The smallest absolute Gasteiger partial charge is 0.417 e. The first-order chi connectivity index (χ1) is 10.9. The Hall–Kier alpha value is -2.50. The number of benzene rings is 2. The topological polar surface area (TPSA) is 35.5 Å². The highest BCUT2D eigenvalue weighted by molar-refractivity contribution is 5.92. The number of methoxy groups -OCH3 is 1. The molecule has 0 radical (unpaired) electrons. The Morgan fingerprint density at radius 3 is 2.43 bits per heavy atom. The van der Waals surface area contributed by atoms with Crippen LogP contribution in [0.3, 0.4) is 0 Å². The van der Waals surface area contributed by atoms with E-state index < -0.39 is 17.7 Å². The van der Waals surface area contributed by atoms with Crippen LogP contribution in [0.4, 0.5) is 13.2 Å². The Labute approximate surface area is 131 Å². The molecule has 0 saturated carbocycles. The van der Waals surface area contributed by atoms with Gasteiger partial charge in [0.15, 0.2) is 0 Å². The van der Waals surface area contributed by atoms with Gasteiger partial charge in [-0.25, -0.2) is 4.79 Å². The number of esters is 1. The molecule has 6 heteroatoms. The van der Waals surface area contributed by atoms with Gasteiger partial charge in [0, 0.05) is 0 Å². The molecule has 2 aromatic carbocycles. The van der Waals surface area contributed by atoms with Crippen LogP contribution in [0.5, 0.6) is 5.75 Å². The lowest BCUT2D eigenvalue weighted by Crippen LogP contribution is -2.08. The molecule has 0 bridgehead atoms. The van der Waals surface area contributed by atoms with Crippen molar-refractivity contribution in [3.05, 3.63) is 53.6 Å². The van der Waals surface area contributed by atoms with E-state index in [1.54, 1.807) is 6.92 Å². The van der Waals surface area contributed by atoms with Crippen molar-refractivity contribution in [3.8, 4) is 16.9 Å². The third kappa shape index (κ3) is 3.83. The summed E-state index contributed by atoms with van der Waals surface area (Å²) in [6, 6.07) is 9.42. The molecule has 23 heavy (non-hydrogen) atoms. The average molecular weight is 324 g/mol. The molecule has 0 unspecified atom stereocenters. The monoisotopic (exact) mass is 324 g/mol. The van der Waals surface area contributed by atoms with Crippen LogP contribution in [0.2, 0.25) is 0 Å². The predicted molar refractivity (Wildman–Crippen MR) is 79.4 cm³/mol. The van der Waals surface area contributed by atoms with Crippen LogP contribution in [0.25, 0.3) is 11.1 Å². The van der Waals surface area contributed by atoms with Gasteiger partial charge in [-0.15, -0.1) is 0 Å². The zero-order chi connectivity index (χ0) is 17.0. The van der Waals surface area contributed by atoms with Crippen LogP contribution < -0.4 is 4.74 Å². The number of carbonyl (C=O) groups excluding carboxylic acids is 1. The van der Waals surface area contributed by atoms with Gasteiger partial charge in [0.2, 0.25) is 0 Å². The molecule has 0 spiro atoms. The summed E-state index contributed by atoms with van der Waals surface area (Å²) in [5, 5.41) is 0. The Kier molecular flexibility index (Phi) is 4.93. The Morgan fingerprint density at radius 1 is 1.13 bits per heavy atom. The summed E-state index contributed by atoms with van der Waals surface area (Å²) in [5.74, 6) is -0.334. The summed E-state index contributed by atoms with van der Waals surface area (Å²) in [4.78, 5) is 11.9. The molecule has 0 aliphatic rings. The quantitative estimate of drug-likeness (QED) is 0.774. The lowest BCUT2D eigenvalue weighted by atomic mass is 9.97. The molecule has 0 fully saturated rings. The lowest BCUT2D eigenvalue weighted by Gasteiger charge is -2.14. The first-order valence-electron chi connectivity index (χ1n) is 6.89. The SMILES string of the molecule is CCOC(=O)c1cc(OC)cc(-c2ccccc2C(F)(F)F)c1. The number of rotatable bonds is 4. The van der Waals surface area contributed by atoms with Gasteiger partial charge in [-0.05, 0) is 42.3 Å². The Morgan fingerprint density at radius 2 is 1.83 bits per heavy atom. The van der Waals surface area contributed by atoms with E-state index in [9.17, 15) is 18.0 Å². The third-order valence-corrected chi connectivity index (χ3v) is 3.20. The van der Waals surface area contributed by atoms with E-state index in [4.69, 9.17) is 9.47 Å². The highest BCUT2D eigenvalue weighted by Gasteiger charge is 2.33. The first kappa shape index (κ1) is 16.9. The molecule has 0 heterocycles. The second kappa shape index (κ2) is 6.73. The predicted octanol–water partition coefficient (Wildman–Crippen LogP) is 4.56.